The van der Waals surface area contributed by atoms with Crippen molar-refractivity contribution in [2.24, 2.45) is 5.92 Å². The van der Waals surface area contributed by atoms with Crippen LogP contribution >= 0.6 is 0 Å². The lowest BCUT2D eigenvalue weighted by Gasteiger charge is -2.29. The number of aliphatic hydroxyl groups is 1. The van der Waals surface area contributed by atoms with Gasteiger partial charge in [0, 0.05) is 18.1 Å². The summed E-state index contributed by atoms with van der Waals surface area (Å²) in [5, 5.41) is 16.3. The average molecular weight is 198 g/mol. The maximum atomic E-state index is 9.26. The molecule has 0 aromatic rings. The second kappa shape index (κ2) is 4.17. The molecule has 3 atom stereocenters. The Balaban J connectivity index is 1.88. The minimum absolute atomic E-state index is 0.0240. The predicted molar refractivity (Wildman–Crippen MR) is 57.2 cm³/mol. The maximum Gasteiger partial charge on any atom is 0.0610 e. The first-order valence-electron chi connectivity index (χ1n) is 5.83. The molecule has 2 rings (SSSR count). The third-order valence-electron chi connectivity index (χ3n) is 3.77. The molecular formula is C11H22N2O. The van der Waals surface area contributed by atoms with Crippen molar-refractivity contribution in [3.8, 4) is 0 Å². The van der Waals surface area contributed by atoms with Gasteiger partial charge in [-0.15, -0.1) is 0 Å². The Labute approximate surface area is 86.3 Å². The van der Waals surface area contributed by atoms with Crippen molar-refractivity contribution in [3.05, 3.63) is 0 Å². The van der Waals surface area contributed by atoms with E-state index < -0.39 is 0 Å². The first-order valence-corrected chi connectivity index (χ1v) is 5.83. The normalized spacial score (nSPS) is 44.1. The van der Waals surface area contributed by atoms with E-state index in [4.69, 9.17) is 0 Å². The highest BCUT2D eigenvalue weighted by Gasteiger charge is 2.37. The Hall–Kier alpha value is -0.120. The Bertz CT molecular complexity index is 192. The van der Waals surface area contributed by atoms with E-state index in [0.717, 1.165) is 13.0 Å². The van der Waals surface area contributed by atoms with E-state index in [-0.39, 0.29) is 12.1 Å². The summed E-state index contributed by atoms with van der Waals surface area (Å²) in [7, 11) is 0. The lowest BCUT2D eigenvalue weighted by Crippen LogP contribution is -2.40. The van der Waals surface area contributed by atoms with Crippen LogP contribution in [0.25, 0.3) is 0 Å². The lowest BCUT2D eigenvalue weighted by molar-refractivity contribution is 0.184. The number of hydrogen-bond donors (Lipinski definition) is 3. The highest BCUT2D eigenvalue weighted by Crippen LogP contribution is 2.28. The number of piperidine rings is 1. The number of rotatable bonds is 2. The van der Waals surface area contributed by atoms with Gasteiger partial charge in [-0.3, -0.25) is 0 Å². The fourth-order valence-electron chi connectivity index (χ4n) is 2.79. The van der Waals surface area contributed by atoms with Crippen molar-refractivity contribution in [3.63, 3.8) is 0 Å². The van der Waals surface area contributed by atoms with Gasteiger partial charge < -0.3 is 15.7 Å². The first kappa shape index (κ1) is 10.4. The number of nitrogens with one attached hydrogen (secondary N) is 2. The second-order valence-corrected chi connectivity index (χ2v) is 5.12. The van der Waals surface area contributed by atoms with Gasteiger partial charge >= 0.3 is 0 Å². The third kappa shape index (κ3) is 2.10. The zero-order valence-corrected chi connectivity index (χ0v) is 9.05. The van der Waals surface area contributed by atoms with Crippen molar-refractivity contribution in [2.45, 2.75) is 44.2 Å². The van der Waals surface area contributed by atoms with Gasteiger partial charge in [0.15, 0.2) is 0 Å². The highest BCUT2D eigenvalue weighted by atomic mass is 16.3. The van der Waals surface area contributed by atoms with Gasteiger partial charge in [-0.2, -0.15) is 0 Å². The maximum absolute atomic E-state index is 9.26. The van der Waals surface area contributed by atoms with Crippen molar-refractivity contribution in [1.82, 2.24) is 10.6 Å². The van der Waals surface area contributed by atoms with Crippen molar-refractivity contribution < 1.29 is 5.11 Å². The molecule has 0 amide bonds. The van der Waals surface area contributed by atoms with Crippen LogP contribution in [0.2, 0.25) is 0 Å². The Morgan fingerprint density at radius 3 is 2.86 bits per heavy atom. The van der Waals surface area contributed by atoms with Gasteiger partial charge in [-0.05, 0) is 38.6 Å². The molecule has 3 heteroatoms. The van der Waals surface area contributed by atoms with E-state index in [1.165, 1.54) is 25.8 Å². The second-order valence-electron chi connectivity index (χ2n) is 5.12. The SMILES string of the molecule is CC1(CO)CC(C2CCCCN2)CN1. The molecule has 0 aliphatic carbocycles. The van der Waals surface area contributed by atoms with E-state index in [1.54, 1.807) is 0 Å². The zero-order chi connectivity index (χ0) is 10.0. The number of aliphatic hydroxyl groups excluding tert-OH is 1. The van der Waals surface area contributed by atoms with Gasteiger partial charge in [0.05, 0.1) is 6.61 Å². The minimum Gasteiger partial charge on any atom is -0.394 e. The summed E-state index contributed by atoms with van der Waals surface area (Å²) in [4.78, 5) is 0. The fourth-order valence-corrected chi connectivity index (χ4v) is 2.79. The summed E-state index contributed by atoms with van der Waals surface area (Å²) in [6.07, 6.45) is 5.12. The Morgan fingerprint density at radius 1 is 1.43 bits per heavy atom. The topological polar surface area (TPSA) is 44.3 Å². The molecule has 2 heterocycles. The molecule has 0 bridgehead atoms. The molecule has 2 saturated heterocycles. The molecule has 3 unspecified atom stereocenters. The van der Waals surface area contributed by atoms with Crippen LogP contribution in [-0.2, 0) is 0 Å². The standard InChI is InChI=1S/C11H22N2O/c1-11(8-14)6-9(7-13-11)10-4-2-3-5-12-10/h9-10,12-14H,2-8H2,1H3. The molecule has 14 heavy (non-hydrogen) atoms. The van der Waals surface area contributed by atoms with Gasteiger partial charge in [0.25, 0.3) is 0 Å². The molecule has 0 aromatic heterocycles. The molecular weight excluding hydrogens is 176 g/mol. The number of hydrogen-bond acceptors (Lipinski definition) is 3. The average Bonchev–Trinajstić information content (AvgIpc) is 2.63. The third-order valence-corrected chi connectivity index (χ3v) is 3.77. The van der Waals surface area contributed by atoms with E-state index in [9.17, 15) is 5.11 Å². The van der Waals surface area contributed by atoms with Crippen molar-refractivity contribution in [2.75, 3.05) is 19.7 Å². The fraction of sp³-hybridized carbons (Fsp3) is 1.00. The van der Waals surface area contributed by atoms with Crippen LogP contribution in [-0.4, -0.2) is 36.4 Å². The van der Waals surface area contributed by atoms with Crippen LogP contribution in [0.3, 0.4) is 0 Å². The summed E-state index contributed by atoms with van der Waals surface area (Å²) >= 11 is 0. The quantitative estimate of drug-likeness (QED) is 0.605. The van der Waals surface area contributed by atoms with Crippen LogP contribution in [0.15, 0.2) is 0 Å². The molecule has 3 N–H and O–H groups in total. The van der Waals surface area contributed by atoms with Crippen molar-refractivity contribution in [1.29, 1.82) is 0 Å². The lowest BCUT2D eigenvalue weighted by atomic mass is 9.87. The summed E-state index contributed by atoms with van der Waals surface area (Å²) in [5.74, 6) is 0.715. The summed E-state index contributed by atoms with van der Waals surface area (Å²) in [6, 6.07) is 0.685. The van der Waals surface area contributed by atoms with Gasteiger partial charge in [-0.25, -0.2) is 0 Å². The van der Waals surface area contributed by atoms with Gasteiger partial charge in [-0.1, -0.05) is 6.42 Å². The molecule has 0 radical (unpaired) electrons. The van der Waals surface area contributed by atoms with Gasteiger partial charge in [0.2, 0.25) is 0 Å². The van der Waals surface area contributed by atoms with Gasteiger partial charge in [0.1, 0.15) is 0 Å². The molecule has 0 spiro atoms. The molecule has 82 valence electrons. The molecule has 3 nitrogen and oxygen atoms in total. The zero-order valence-electron chi connectivity index (χ0n) is 9.05. The highest BCUT2D eigenvalue weighted by molar-refractivity contribution is 4.97. The van der Waals surface area contributed by atoms with Crippen molar-refractivity contribution >= 4 is 0 Å². The van der Waals surface area contributed by atoms with E-state index in [2.05, 4.69) is 17.6 Å². The summed E-state index contributed by atoms with van der Waals surface area (Å²) in [5.41, 5.74) is -0.0240. The van der Waals surface area contributed by atoms with Crippen LogP contribution in [0.5, 0.6) is 0 Å². The van der Waals surface area contributed by atoms with Crippen LogP contribution in [0.4, 0.5) is 0 Å². The molecule has 2 aliphatic rings. The monoisotopic (exact) mass is 198 g/mol. The largest absolute Gasteiger partial charge is 0.394 e. The molecule has 0 saturated carbocycles. The Kier molecular flexibility index (Phi) is 3.10. The minimum atomic E-state index is -0.0240. The molecule has 2 fully saturated rings. The van der Waals surface area contributed by atoms with Crippen LogP contribution in [0, 0.1) is 5.92 Å². The van der Waals surface area contributed by atoms with E-state index >= 15 is 0 Å². The van der Waals surface area contributed by atoms with Crippen LogP contribution < -0.4 is 10.6 Å². The Morgan fingerprint density at radius 2 is 2.29 bits per heavy atom. The first-order chi connectivity index (χ1) is 6.73. The predicted octanol–water partition coefficient (Wildman–Crippen LogP) is 0.489. The summed E-state index contributed by atoms with van der Waals surface area (Å²) < 4.78 is 0. The van der Waals surface area contributed by atoms with E-state index in [1.807, 2.05) is 0 Å². The van der Waals surface area contributed by atoms with E-state index in [0.29, 0.717) is 12.0 Å². The van der Waals surface area contributed by atoms with Crippen LogP contribution in [0.1, 0.15) is 32.6 Å². The molecule has 0 aromatic carbocycles. The molecule has 2 aliphatic heterocycles. The smallest absolute Gasteiger partial charge is 0.0610 e. The summed E-state index contributed by atoms with van der Waals surface area (Å²) in [6.45, 7) is 4.62.